The molecule has 1 saturated heterocycles. The number of hydrogen-bond donors (Lipinski definition) is 4. The van der Waals surface area contributed by atoms with Gasteiger partial charge in [0.25, 0.3) is 11.8 Å². The number of oxime groups is 1. The third kappa shape index (κ3) is 6.27. The Labute approximate surface area is 248 Å². The molecule has 2 aromatic rings. The number of hydrogen-bond acceptors (Lipinski definition) is 13. The van der Waals surface area contributed by atoms with Crippen LogP contribution in [0.25, 0.3) is 0 Å². The second kappa shape index (κ2) is 12.6. The normalized spacial score (nSPS) is 18.7. The molecule has 2 aliphatic heterocycles. The molecule has 0 saturated carbocycles. The van der Waals surface area contributed by atoms with Gasteiger partial charge in [-0.1, -0.05) is 52.5 Å². The van der Waals surface area contributed by atoms with E-state index in [2.05, 4.69) is 27.0 Å². The van der Waals surface area contributed by atoms with Crippen molar-refractivity contribution in [2.45, 2.75) is 29.1 Å². The minimum Gasteiger partial charge on any atom is -0.481 e. The maximum atomic E-state index is 13.1. The van der Waals surface area contributed by atoms with Gasteiger partial charge in [-0.2, -0.15) is 0 Å². The van der Waals surface area contributed by atoms with Crippen LogP contribution in [0.5, 0.6) is 0 Å². The average molecular weight is 645 g/mol. The number of fused-ring (bicyclic) bond motifs is 1. The van der Waals surface area contributed by atoms with Crippen LogP contribution in [0.2, 0.25) is 4.34 Å². The standard InChI is InChI=1S/C22H21ClN6O7S4/c1-3-4-36-28-13(12-16(23)40-21(24)27-12)17(32)26-14-18(33)29-15(20(34)35)9(6-37-19(14)29)7-38-22-25-8(2)10(39-22)5-11(30)31/h3,14,19H,1,4-7H2,2H3,(H2,24,27)(H,26,32)(H,30,31)(H,34,35)/b28-13+/t14?,19-/m1/s1. The van der Waals surface area contributed by atoms with Crippen molar-refractivity contribution in [2.24, 2.45) is 5.16 Å². The molecule has 13 nitrogen and oxygen atoms in total. The van der Waals surface area contributed by atoms with Crippen LogP contribution in [0.15, 0.2) is 33.4 Å². The molecule has 2 amide bonds. The molecule has 18 heteroatoms. The van der Waals surface area contributed by atoms with Crippen LogP contribution < -0.4 is 11.1 Å². The number of nitrogens with two attached hydrogens (primary N) is 1. The summed E-state index contributed by atoms with van der Waals surface area (Å²) in [5.74, 6) is -3.11. The number of rotatable bonds is 12. The Morgan fingerprint density at radius 3 is 2.73 bits per heavy atom. The van der Waals surface area contributed by atoms with E-state index in [1.165, 1.54) is 40.9 Å². The van der Waals surface area contributed by atoms with Gasteiger partial charge in [0.2, 0.25) is 0 Å². The number of nitrogen functional groups attached to an aromatic ring is 1. The van der Waals surface area contributed by atoms with Crippen molar-refractivity contribution >= 4 is 92.4 Å². The number of anilines is 1. The van der Waals surface area contributed by atoms with Gasteiger partial charge in [-0.15, -0.1) is 23.1 Å². The van der Waals surface area contributed by atoms with E-state index in [1.54, 1.807) is 6.92 Å². The summed E-state index contributed by atoms with van der Waals surface area (Å²) >= 11 is 10.9. The van der Waals surface area contributed by atoms with Crippen LogP contribution in [-0.4, -0.2) is 84.1 Å². The minimum atomic E-state index is -1.27. The van der Waals surface area contributed by atoms with E-state index < -0.39 is 35.2 Å². The number of carbonyl (C=O) groups excluding carboxylic acids is 2. The van der Waals surface area contributed by atoms with Crippen molar-refractivity contribution in [1.82, 2.24) is 20.2 Å². The number of thioether (sulfide) groups is 2. The summed E-state index contributed by atoms with van der Waals surface area (Å²) in [5, 5.41) is 24.8. The van der Waals surface area contributed by atoms with Crippen LogP contribution in [0.3, 0.4) is 0 Å². The molecule has 1 unspecified atom stereocenters. The molecule has 0 radical (unpaired) electrons. The summed E-state index contributed by atoms with van der Waals surface area (Å²) in [6, 6.07) is -1.03. The number of carbonyl (C=O) groups is 4. The van der Waals surface area contributed by atoms with E-state index in [0.717, 1.165) is 16.2 Å². The van der Waals surface area contributed by atoms with Crippen LogP contribution in [-0.2, 0) is 30.4 Å². The zero-order valence-electron chi connectivity index (χ0n) is 20.6. The van der Waals surface area contributed by atoms with Crippen LogP contribution >= 0.6 is 57.8 Å². The highest BCUT2D eigenvalue weighted by Crippen LogP contribution is 2.42. The average Bonchev–Trinajstić information content (AvgIpc) is 3.41. The number of carboxylic acid groups (broad SMARTS) is 2. The Bertz CT molecular complexity index is 1450. The second-order valence-corrected chi connectivity index (χ2v) is 13.2. The van der Waals surface area contributed by atoms with Gasteiger partial charge in [0.15, 0.2) is 15.2 Å². The van der Waals surface area contributed by atoms with E-state index in [9.17, 15) is 24.3 Å². The summed E-state index contributed by atoms with van der Waals surface area (Å²) in [6.07, 6.45) is 1.28. The molecule has 4 heterocycles. The molecule has 0 aromatic carbocycles. The second-order valence-electron chi connectivity index (χ2n) is 8.16. The molecule has 5 N–H and O–H groups in total. The van der Waals surface area contributed by atoms with Crippen molar-refractivity contribution < 1.29 is 34.2 Å². The lowest BCUT2D eigenvalue weighted by atomic mass is 10.0. The Morgan fingerprint density at radius 1 is 1.35 bits per heavy atom. The van der Waals surface area contributed by atoms with Crippen LogP contribution in [0.4, 0.5) is 5.13 Å². The highest BCUT2D eigenvalue weighted by Gasteiger charge is 2.54. The molecular formula is C22H21ClN6O7S4. The van der Waals surface area contributed by atoms with Gasteiger partial charge in [0.1, 0.15) is 33.7 Å². The number of aryl methyl sites for hydroxylation is 1. The number of nitrogens with one attached hydrogen (secondary N) is 1. The maximum absolute atomic E-state index is 13.1. The van der Waals surface area contributed by atoms with Crippen molar-refractivity contribution in [3.8, 4) is 0 Å². The van der Waals surface area contributed by atoms with Gasteiger partial charge < -0.3 is 26.1 Å². The Hall–Kier alpha value is -3.12. The molecule has 2 aromatic heterocycles. The molecule has 0 bridgehead atoms. The van der Waals surface area contributed by atoms with Crippen molar-refractivity contribution in [2.75, 3.05) is 23.8 Å². The third-order valence-electron chi connectivity index (χ3n) is 5.48. The van der Waals surface area contributed by atoms with Gasteiger partial charge in [-0.25, -0.2) is 14.8 Å². The minimum absolute atomic E-state index is 0.00236. The fourth-order valence-electron chi connectivity index (χ4n) is 3.73. The third-order valence-corrected chi connectivity index (χ3v) is 10.3. The summed E-state index contributed by atoms with van der Waals surface area (Å²) < 4.78 is 0.705. The zero-order chi connectivity index (χ0) is 29.1. The first kappa shape index (κ1) is 29.9. The Morgan fingerprint density at radius 2 is 2.10 bits per heavy atom. The van der Waals surface area contributed by atoms with E-state index >= 15 is 0 Å². The number of carboxylic acids is 2. The number of halogens is 1. The lowest BCUT2D eigenvalue weighted by molar-refractivity contribution is -0.150. The summed E-state index contributed by atoms with van der Waals surface area (Å²) in [6.45, 7) is 5.22. The van der Waals surface area contributed by atoms with E-state index in [-0.39, 0.29) is 45.4 Å². The summed E-state index contributed by atoms with van der Waals surface area (Å²) in [7, 11) is 0. The number of amides is 2. The van der Waals surface area contributed by atoms with Crippen molar-refractivity contribution in [1.29, 1.82) is 0 Å². The van der Waals surface area contributed by atoms with Crippen molar-refractivity contribution in [3.63, 3.8) is 0 Å². The first-order valence-corrected chi connectivity index (χ1v) is 15.3. The number of thiazole rings is 2. The first-order valence-electron chi connectivity index (χ1n) is 11.3. The van der Waals surface area contributed by atoms with Gasteiger partial charge in [0, 0.05) is 16.4 Å². The summed E-state index contributed by atoms with van der Waals surface area (Å²) in [5.41, 5.74) is 6.35. The highest BCUT2D eigenvalue weighted by molar-refractivity contribution is 8.01. The molecule has 212 valence electrons. The fourth-order valence-corrected chi connectivity index (χ4v) is 8.37. The molecule has 0 aliphatic carbocycles. The summed E-state index contributed by atoms with van der Waals surface area (Å²) in [4.78, 5) is 64.7. The van der Waals surface area contributed by atoms with E-state index in [0.29, 0.717) is 26.2 Å². The van der Waals surface area contributed by atoms with E-state index in [4.69, 9.17) is 27.3 Å². The lowest BCUT2D eigenvalue weighted by Crippen LogP contribution is -2.71. The zero-order valence-corrected chi connectivity index (χ0v) is 24.6. The SMILES string of the molecule is C=CCO/N=C(/C(=O)NC1C(=O)N2C(C(=O)O)=C(CSc3nc(C)c(CC(=O)O)s3)CS[C@H]12)c1nc(N)sc1Cl. The first-order chi connectivity index (χ1) is 19.0. The lowest BCUT2D eigenvalue weighted by Gasteiger charge is -2.49. The molecule has 40 heavy (non-hydrogen) atoms. The number of aromatic nitrogens is 2. The largest absolute Gasteiger partial charge is 0.481 e. The molecule has 2 aliphatic rings. The number of nitrogens with zero attached hydrogens (tertiary/aromatic N) is 4. The quantitative estimate of drug-likeness (QED) is 0.0657. The predicted molar refractivity (Wildman–Crippen MR) is 153 cm³/mol. The molecule has 4 rings (SSSR count). The number of aliphatic carboxylic acids is 2. The van der Waals surface area contributed by atoms with Crippen molar-refractivity contribution in [3.05, 3.63) is 44.5 Å². The van der Waals surface area contributed by atoms with Gasteiger partial charge in [-0.05, 0) is 12.5 Å². The molecule has 2 atom stereocenters. The van der Waals surface area contributed by atoms with Crippen LogP contribution in [0.1, 0.15) is 16.3 Å². The van der Waals surface area contributed by atoms with Gasteiger partial charge in [0.05, 0.1) is 12.1 Å². The maximum Gasteiger partial charge on any atom is 0.352 e. The van der Waals surface area contributed by atoms with E-state index in [1.807, 2.05) is 0 Å². The Balaban J connectivity index is 1.49. The predicted octanol–water partition coefficient (Wildman–Crippen LogP) is 2.21. The number of β-lactam (4-membered cyclic amide) rings is 1. The fraction of sp³-hybridized carbons (Fsp3) is 0.318. The Kier molecular flexibility index (Phi) is 9.40. The topological polar surface area (TPSA) is 197 Å². The molecule has 1 fully saturated rings. The molecular weight excluding hydrogens is 624 g/mol. The monoisotopic (exact) mass is 644 g/mol. The van der Waals surface area contributed by atoms with Crippen LogP contribution in [0, 0.1) is 6.92 Å². The highest BCUT2D eigenvalue weighted by atomic mass is 35.5. The smallest absolute Gasteiger partial charge is 0.352 e. The van der Waals surface area contributed by atoms with Gasteiger partial charge >= 0.3 is 11.9 Å². The van der Waals surface area contributed by atoms with Gasteiger partial charge in [-0.3, -0.25) is 19.3 Å². The molecule has 0 spiro atoms.